The van der Waals surface area contributed by atoms with Crippen LogP contribution in [0.2, 0.25) is 0 Å². The second kappa shape index (κ2) is 7.31. The smallest absolute Gasteiger partial charge is 0.293 e. The number of carbonyl (C=O) groups is 2. The van der Waals surface area contributed by atoms with Gasteiger partial charge in [0.05, 0.1) is 28.7 Å². The van der Waals surface area contributed by atoms with E-state index in [9.17, 15) is 9.59 Å². The van der Waals surface area contributed by atoms with Crippen molar-refractivity contribution in [2.75, 3.05) is 0 Å². The van der Waals surface area contributed by atoms with Gasteiger partial charge in [0.15, 0.2) is 0 Å². The highest BCUT2D eigenvalue weighted by atomic mass is 16.2. The first-order valence-electron chi connectivity index (χ1n) is 8.35. The van der Waals surface area contributed by atoms with Gasteiger partial charge in [0.1, 0.15) is 0 Å². The lowest BCUT2D eigenvalue weighted by molar-refractivity contribution is -0.117. The van der Waals surface area contributed by atoms with E-state index in [0.29, 0.717) is 17.0 Å². The van der Waals surface area contributed by atoms with Crippen molar-refractivity contribution in [3.8, 4) is 5.69 Å². The Morgan fingerprint density at radius 3 is 2.46 bits per heavy atom. The molecule has 0 aliphatic heterocycles. The van der Waals surface area contributed by atoms with Gasteiger partial charge < -0.3 is 5.32 Å². The third-order valence-corrected chi connectivity index (χ3v) is 4.26. The minimum Gasteiger partial charge on any atom is -0.343 e. The minimum atomic E-state index is -0.653. The van der Waals surface area contributed by atoms with Gasteiger partial charge in [-0.05, 0) is 44.5 Å². The van der Waals surface area contributed by atoms with Gasteiger partial charge in [-0.25, -0.2) is 4.68 Å². The summed E-state index contributed by atoms with van der Waals surface area (Å²) < 4.78 is 1.68. The fraction of sp³-hybridized carbons (Fsp3) is 0.200. The fourth-order valence-corrected chi connectivity index (χ4v) is 2.88. The molecular formula is C20H20N4O2. The summed E-state index contributed by atoms with van der Waals surface area (Å²) in [6.07, 6.45) is 3.33. The van der Waals surface area contributed by atoms with E-state index in [-0.39, 0.29) is 6.04 Å². The molecule has 6 heteroatoms. The van der Waals surface area contributed by atoms with Crippen LogP contribution in [-0.4, -0.2) is 26.5 Å². The van der Waals surface area contributed by atoms with Crippen LogP contribution in [0.5, 0.6) is 0 Å². The standard InChI is InChI=1S/C20H20N4O2/c1-13(16-8-7-11-21-12-16)22-20(26)19(25)18-14(2)23-24(15(18)3)17-9-5-4-6-10-17/h4-13H,1-3H3,(H,22,26). The molecule has 1 N–H and O–H groups in total. The number of carbonyl (C=O) groups excluding carboxylic acids is 2. The predicted molar refractivity (Wildman–Crippen MR) is 98.2 cm³/mol. The Labute approximate surface area is 151 Å². The normalized spacial score (nSPS) is 11.8. The summed E-state index contributed by atoms with van der Waals surface area (Å²) in [4.78, 5) is 29.2. The first-order valence-corrected chi connectivity index (χ1v) is 8.35. The predicted octanol–water partition coefficient (Wildman–Crippen LogP) is 2.94. The molecule has 0 fully saturated rings. The summed E-state index contributed by atoms with van der Waals surface area (Å²) in [5, 5.41) is 7.16. The molecule has 1 aromatic carbocycles. The Balaban J connectivity index is 1.84. The Morgan fingerprint density at radius 2 is 1.81 bits per heavy atom. The van der Waals surface area contributed by atoms with Crippen LogP contribution in [0.25, 0.3) is 5.69 Å². The average molecular weight is 348 g/mol. The summed E-state index contributed by atoms with van der Waals surface area (Å²) >= 11 is 0. The Bertz CT molecular complexity index is 933. The van der Waals surface area contributed by atoms with Crippen LogP contribution in [0, 0.1) is 13.8 Å². The number of nitrogens with zero attached hydrogens (tertiary/aromatic N) is 3. The van der Waals surface area contributed by atoms with Crippen LogP contribution in [0.3, 0.4) is 0 Å². The number of nitrogens with one attached hydrogen (secondary N) is 1. The van der Waals surface area contributed by atoms with E-state index in [0.717, 1.165) is 11.3 Å². The number of aromatic nitrogens is 3. The number of Topliss-reactive ketones (excluding diaryl/α,β-unsaturated/α-hetero) is 1. The highest BCUT2D eigenvalue weighted by Crippen LogP contribution is 2.19. The third-order valence-electron chi connectivity index (χ3n) is 4.26. The molecular weight excluding hydrogens is 328 g/mol. The highest BCUT2D eigenvalue weighted by molar-refractivity contribution is 6.43. The maximum absolute atomic E-state index is 12.7. The Morgan fingerprint density at radius 1 is 1.08 bits per heavy atom. The molecule has 6 nitrogen and oxygen atoms in total. The van der Waals surface area contributed by atoms with Crippen molar-refractivity contribution in [3.63, 3.8) is 0 Å². The molecule has 1 amide bonds. The molecule has 132 valence electrons. The van der Waals surface area contributed by atoms with Gasteiger partial charge in [0.25, 0.3) is 11.7 Å². The number of hydrogen-bond donors (Lipinski definition) is 1. The van der Waals surface area contributed by atoms with Gasteiger partial charge in [0.2, 0.25) is 0 Å². The van der Waals surface area contributed by atoms with Gasteiger partial charge in [-0.1, -0.05) is 24.3 Å². The summed E-state index contributed by atoms with van der Waals surface area (Å²) in [6, 6.07) is 12.8. The molecule has 0 aliphatic rings. The number of ketones is 1. The molecule has 1 unspecified atom stereocenters. The average Bonchev–Trinajstić information content (AvgIpc) is 2.96. The SMILES string of the molecule is Cc1nn(-c2ccccc2)c(C)c1C(=O)C(=O)NC(C)c1cccnc1. The number of pyridine rings is 1. The fourth-order valence-electron chi connectivity index (χ4n) is 2.88. The number of benzene rings is 1. The van der Waals surface area contributed by atoms with Gasteiger partial charge in [-0.3, -0.25) is 14.6 Å². The Kier molecular flexibility index (Phi) is 4.93. The lowest BCUT2D eigenvalue weighted by Crippen LogP contribution is -2.33. The van der Waals surface area contributed by atoms with Gasteiger partial charge in [0, 0.05) is 12.4 Å². The molecule has 0 aliphatic carbocycles. The number of aryl methyl sites for hydroxylation is 1. The van der Waals surface area contributed by atoms with Gasteiger partial charge >= 0.3 is 0 Å². The van der Waals surface area contributed by atoms with E-state index in [2.05, 4.69) is 15.4 Å². The largest absolute Gasteiger partial charge is 0.343 e. The summed E-state index contributed by atoms with van der Waals surface area (Å²) in [5.41, 5.74) is 3.19. The van der Waals surface area contributed by atoms with Gasteiger partial charge in [-0.15, -0.1) is 0 Å². The quantitative estimate of drug-likeness (QED) is 0.568. The van der Waals surface area contributed by atoms with E-state index in [4.69, 9.17) is 0 Å². The van der Waals surface area contributed by atoms with Crippen LogP contribution in [-0.2, 0) is 4.79 Å². The van der Waals surface area contributed by atoms with Crippen LogP contribution in [0.1, 0.15) is 40.3 Å². The zero-order valence-corrected chi connectivity index (χ0v) is 14.9. The van der Waals surface area contributed by atoms with E-state index >= 15 is 0 Å². The van der Waals surface area contributed by atoms with E-state index in [1.165, 1.54) is 0 Å². The zero-order valence-electron chi connectivity index (χ0n) is 14.9. The first kappa shape index (κ1) is 17.5. The molecule has 1 atom stereocenters. The van der Waals surface area contributed by atoms with E-state index in [1.807, 2.05) is 43.3 Å². The molecule has 0 saturated heterocycles. The topological polar surface area (TPSA) is 76.9 Å². The number of amides is 1. The molecule has 0 saturated carbocycles. The lowest BCUT2D eigenvalue weighted by atomic mass is 10.1. The van der Waals surface area contributed by atoms with Crippen molar-refractivity contribution in [1.29, 1.82) is 0 Å². The second-order valence-corrected chi connectivity index (χ2v) is 6.10. The van der Waals surface area contributed by atoms with Crippen LogP contribution in [0.15, 0.2) is 54.9 Å². The van der Waals surface area contributed by atoms with Crippen molar-refractivity contribution >= 4 is 11.7 Å². The number of rotatable bonds is 5. The number of para-hydroxylation sites is 1. The lowest BCUT2D eigenvalue weighted by Gasteiger charge is -2.13. The monoisotopic (exact) mass is 348 g/mol. The second-order valence-electron chi connectivity index (χ2n) is 6.10. The van der Waals surface area contributed by atoms with E-state index < -0.39 is 11.7 Å². The molecule has 0 spiro atoms. The van der Waals surface area contributed by atoms with Crippen molar-refractivity contribution in [1.82, 2.24) is 20.1 Å². The minimum absolute atomic E-state index is 0.315. The number of hydrogen-bond acceptors (Lipinski definition) is 4. The summed E-state index contributed by atoms with van der Waals surface area (Å²) in [7, 11) is 0. The van der Waals surface area contributed by atoms with Crippen LogP contribution >= 0.6 is 0 Å². The maximum atomic E-state index is 12.7. The summed E-state index contributed by atoms with van der Waals surface area (Å²) in [5.74, 6) is -1.24. The molecule has 0 bridgehead atoms. The van der Waals surface area contributed by atoms with Gasteiger partial charge in [-0.2, -0.15) is 5.10 Å². The molecule has 2 heterocycles. The first-order chi connectivity index (χ1) is 12.5. The molecule has 26 heavy (non-hydrogen) atoms. The molecule has 2 aromatic heterocycles. The molecule has 3 aromatic rings. The van der Waals surface area contributed by atoms with Crippen molar-refractivity contribution < 1.29 is 9.59 Å². The van der Waals surface area contributed by atoms with Crippen molar-refractivity contribution in [2.45, 2.75) is 26.8 Å². The van der Waals surface area contributed by atoms with Crippen LogP contribution < -0.4 is 5.32 Å². The highest BCUT2D eigenvalue weighted by Gasteiger charge is 2.26. The Hall–Kier alpha value is -3.28. The van der Waals surface area contributed by atoms with Crippen molar-refractivity contribution in [3.05, 3.63) is 77.4 Å². The molecule has 3 rings (SSSR count). The van der Waals surface area contributed by atoms with Crippen LogP contribution in [0.4, 0.5) is 0 Å². The van der Waals surface area contributed by atoms with Crippen molar-refractivity contribution in [2.24, 2.45) is 0 Å². The maximum Gasteiger partial charge on any atom is 0.293 e. The molecule has 0 radical (unpaired) electrons. The third kappa shape index (κ3) is 3.39. The zero-order chi connectivity index (χ0) is 18.7. The summed E-state index contributed by atoms with van der Waals surface area (Å²) in [6.45, 7) is 5.34. The van der Waals surface area contributed by atoms with E-state index in [1.54, 1.807) is 37.0 Å².